The molecule has 9 fully saturated rings. The highest BCUT2D eigenvalue weighted by atomic mass is 16.7. The Hall–Kier alpha value is -2.21. The number of ether oxygens (including phenoxy) is 5. The lowest BCUT2D eigenvalue weighted by Crippen LogP contribution is -2.73. The van der Waals surface area contributed by atoms with Gasteiger partial charge in [0.2, 0.25) is 5.79 Å². The molecule has 0 amide bonds. The first kappa shape index (κ1) is 45.4. The molecule has 5 aliphatic heterocycles. The summed E-state index contributed by atoms with van der Waals surface area (Å²) in [6, 6.07) is 0. The number of allylic oxidation sites excluding steroid dienone is 1. The largest absolute Gasteiger partial charge is 0.393 e. The minimum absolute atomic E-state index is 0.0323. The first-order valence-electron chi connectivity index (χ1n) is 26.7. The van der Waals surface area contributed by atoms with Gasteiger partial charge in [0.15, 0.2) is 11.6 Å². The highest BCUT2D eigenvalue weighted by Gasteiger charge is 2.91. The van der Waals surface area contributed by atoms with Gasteiger partial charge in [-0.25, -0.2) is 0 Å². The Kier molecular flexibility index (Phi) is 8.55. The lowest BCUT2D eigenvalue weighted by molar-refractivity contribution is -0.347. The van der Waals surface area contributed by atoms with Crippen molar-refractivity contribution in [1.82, 2.24) is 9.97 Å². The molecule has 4 spiro atoms. The number of nitrogens with zero attached hydrogens (tertiary/aromatic N) is 2. The van der Waals surface area contributed by atoms with E-state index in [0.717, 1.165) is 66.0 Å². The summed E-state index contributed by atoms with van der Waals surface area (Å²) in [5, 5.41) is 72.0. The molecule has 1 aromatic heterocycles. The second kappa shape index (κ2) is 13.0. The molecule has 13 aliphatic rings. The van der Waals surface area contributed by atoms with E-state index in [1.807, 2.05) is 34.6 Å². The fourth-order valence-electron chi connectivity index (χ4n) is 19.9. The number of hydrogen-bond donors (Lipinski definition) is 6. The van der Waals surface area contributed by atoms with Crippen LogP contribution in [0.1, 0.15) is 130 Å². The van der Waals surface area contributed by atoms with Gasteiger partial charge in [0, 0.05) is 41.4 Å². The third-order valence-electron chi connectivity index (χ3n) is 24.2. The second-order valence-corrected chi connectivity index (χ2v) is 26.9. The van der Waals surface area contributed by atoms with Crippen LogP contribution >= 0.6 is 0 Å². The number of ketones is 1. The first-order chi connectivity index (χ1) is 32.3. The lowest BCUT2D eigenvalue weighted by atomic mass is 9.44. The Morgan fingerprint density at radius 2 is 1.49 bits per heavy atom. The molecule has 0 aromatic carbocycles. The summed E-state index contributed by atoms with van der Waals surface area (Å²) < 4.78 is 33.1. The van der Waals surface area contributed by atoms with E-state index in [2.05, 4.69) is 26.8 Å². The van der Waals surface area contributed by atoms with Gasteiger partial charge in [0.05, 0.1) is 64.8 Å². The molecule has 69 heavy (non-hydrogen) atoms. The van der Waals surface area contributed by atoms with E-state index in [9.17, 15) is 30.6 Å². The topological polar surface area (TPSA) is 214 Å². The smallest absolute Gasteiger partial charge is 0.201 e. The monoisotopic (exact) mass is 955 g/mol. The van der Waals surface area contributed by atoms with Crippen LogP contribution in [0.25, 0.3) is 0 Å². The van der Waals surface area contributed by atoms with Crippen LogP contribution in [0.3, 0.4) is 0 Å². The maximum Gasteiger partial charge on any atom is 0.201 e. The van der Waals surface area contributed by atoms with E-state index in [1.54, 1.807) is 13.0 Å². The summed E-state index contributed by atoms with van der Waals surface area (Å²) >= 11 is 0. The van der Waals surface area contributed by atoms with Crippen LogP contribution in [-0.2, 0) is 54.2 Å². The van der Waals surface area contributed by atoms with Crippen LogP contribution in [0, 0.1) is 69.0 Å². The molecule has 6 N–H and O–H groups in total. The van der Waals surface area contributed by atoms with E-state index < -0.39 is 86.2 Å². The van der Waals surface area contributed by atoms with Crippen molar-refractivity contribution in [2.45, 2.75) is 203 Å². The van der Waals surface area contributed by atoms with E-state index in [1.165, 1.54) is 0 Å². The number of aliphatic hydroxyl groups excluding tert-OH is 4. The minimum Gasteiger partial charge on any atom is -0.393 e. The summed E-state index contributed by atoms with van der Waals surface area (Å²) in [4.78, 5) is 26.2. The normalized spacial score (nSPS) is 59.6. The Labute approximate surface area is 405 Å². The van der Waals surface area contributed by atoms with Gasteiger partial charge in [-0.3, -0.25) is 14.8 Å². The van der Waals surface area contributed by atoms with Crippen molar-refractivity contribution in [3.8, 4) is 0 Å². The van der Waals surface area contributed by atoms with E-state index in [-0.39, 0.29) is 72.4 Å². The van der Waals surface area contributed by atoms with Crippen LogP contribution in [-0.4, -0.2) is 130 Å². The Morgan fingerprint density at radius 3 is 2.17 bits per heavy atom. The molecular weight excluding hydrogens is 881 g/mol. The molecule has 0 radical (unpaired) electrons. The van der Waals surface area contributed by atoms with Crippen LogP contribution < -0.4 is 0 Å². The lowest BCUT2D eigenvalue weighted by Gasteiger charge is -2.62. The van der Waals surface area contributed by atoms with Gasteiger partial charge in [-0.15, -0.1) is 0 Å². The SMILES string of the molecule is C[C@@H]1[C@H]2C[C@@H]3O[C@@]34[C@]3(O)CC[C@H]5Cc6nc7c(nc6C[C@]5(C)C3=CC(=O)[C@]24CO[C@@]12OC(C)(C)[C@@H](C)[C@H]2O)C[C@@H]1CC[C@H]2C3=C[C@@H]4O[C@]5(O[C@](C)(CO)C[C@H]5O)[C@@H](C)[C@]4(O)[C@@]3(C)[C@H](O)C[C@@H]2[C@@]1(C)C7. The molecule has 6 heterocycles. The third-order valence-corrected chi connectivity index (χ3v) is 24.2. The zero-order valence-corrected chi connectivity index (χ0v) is 41.9. The summed E-state index contributed by atoms with van der Waals surface area (Å²) in [6.07, 6.45) is 7.27. The average Bonchev–Trinajstić information content (AvgIpc) is 3.57. The summed E-state index contributed by atoms with van der Waals surface area (Å²) in [5.41, 5.74) is -2.50. The highest BCUT2D eigenvalue weighted by Crippen LogP contribution is 2.79. The molecule has 8 aliphatic carbocycles. The van der Waals surface area contributed by atoms with Gasteiger partial charge in [-0.05, 0) is 125 Å². The van der Waals surface area contributed by atoms with Crippen molar-refractivity contribution < 1.29 is 59.1 Å². The van der Waals surface area contributed by atoms with E-state index >= 15 is 4.79 Å². The number of rotatable bonds is 1. The zero-order chi connectivity index (χ0) is 48.6. The molecule has 4 saturated carbocycles. The van der Waals surface area contributed by atoms with Gasteiger partial charge >= 0.3 is 0 Å². The van der Waals surface area contributed by atoms with Gasteiger partial charge in [0.25, 0.3) is 0 Å². The van der Waals surface area contributed by atoms with Crippen molar-refractivity contribution in [2.75, 3.05) is 13.2 Å². The van der Waals surface area contributed by atoms with Crippen molar-refractivity contribution >= 4 is 5.78 Å². The molecule has 5 saturated heterocycles. The van der Waals surface area contributed by atoms with Crippen LogP contribution in [0.15, 0.2) is 23.3 Å². The van der Waals surface area contributed by atoms with Crippen LogP contribution in [0.4, 0.5) is 0 Å². The van der Waals surface area contributed by atoms with Gasteiger partial charge in [-0.1, -0.05) is 53.2 Å². The summed E-state index contributed by atoms with van der Waals surface area (Å²) in [6.45, 7) is 18.0. The third kappa shape index (κ3) is 4.69. The molecule has 376 valence electrons. The van der Waals surface area contributed by atoms with Crippen molar-refractivity contribution in [2.24, 2.45) is 69.0 Å². The second-order valence-electron chi connectivity index (χ2n) is 26.9. The fraction of sp³-hybridized carbons (Fsp3) is 0.836. The van der Waals surface area contributed by atoms with E-state index in [0.29, 0.717) is 38.0 Å². The molecule has 0 unspecified atom stereocenters. The molecule has 0 bridgehead atoms. The van der Waals surface area contributed by atoms with Gasteiger partial charge < -0.3 is 54.3 Å². The maximum atomic E-state index is 15.1. The Bertz CT molecular complexity index is 2590. The summed E-state index contributed by atoms with van der Waals surface area (Å²) in [7, 11) is 0. The number of epoxide rings is 1. The number of hydrogen-bond acceptors (Lipinski definition) is 14. The number of carbonyl (C=O) groups excluding carboxylic acids is 1. The quantitative estimate of drug-likeness (QED) is 0.174. The van der Waals surface area contributed by atoms with Gasteiger partial charge in [0.1, 0.15) is 35.1 Å². The van der Waals surface area contributed by atoms with Crippen LogP contribution in [0.2, 0.25) is 0 Å². The maximum absolute atomic E-state index is 15.1. The van der Waals surface area contributed by atoms with Crippen molar-refractivity contribution in [3.05, 3.63) is 46.1 Å². The summed E-state index contributed by atoms with van der Waals surface area (Å²) in [5.74, 6) is -3.37. The minimum atomic E-state index is -1.52. The molecule has 14 rings (SSSR count). The first-order valence-corrected chi connectivity index (χ1v) is 26.7. The van der Waals surface area contributed by atoms with Crippen LogP contribution in [0.5, 0.6) is 0 Å². The standard InChI is InChI=1S/C55H74N2O12/c1-25-31-17-43-55(67-43)50(31,24-65-53(25)44(62)26(2)45(4,5)68-53)40(60)19-38-48(8)21-37-35(15-29(48)12-13-51(38,55)63)56-36-20-47(7)28(14-34(36)57-37)10-11-30-32(47)16-39(59)49(9)33(30)18-42-52(49,64)27(3)54(66-42)41(61)22-46(6,23-58)69-54/h18-19,25-32,39,41-44,58-59,61-64H,10-17,20-24H2,1-9H3/t25-,26+,27+,28+,29+,30-,31-,32+,39-,41-,42+,43+,44-,46+,47+,48+,49-,50+,51+,52-,53-,54+,55+/m1/s1. The van der Waals surface area contributed by atoms with Gasteiger partial charge in [-0.2, -0.15) is 0 Å². The Balaban J connectivity index is 0.755. The molecular formula is C55H74N2O12. The number of aliphatic hydroxyl groups is 6. The molecule has 23 atom stereocenters. The molecule has 14 heteroatoms. The average molecular weight is 955 g/mol. The van der Waals surface area contributed by atoms with E-state index in [4.69, 9.17) is 33.7 Å². The number of fused-ring (bicyclic) bond motifs is 12. The fourth-order valence-corrected chi connectivity index (χ4v) is 19.9. The van der Waals surface area contributed by atoms with Crippen molar-refractivity contribution in [1.29, 1.82) is 0 Å². The number of aromatic nitrogens is 2. The predicted octanol–water partition coefficient (Wildman–Crippen LogP) is 4.00. The predicted molar refractivity (Wildman–Crippen MR) is 246 cm³/mol. The Morgan fingerprint density at radius 1 is 0.783 bits per heavy atom. The molecule has 1 aromatic rings. The van der Waals surface area contributed by atoms with Crippen molar-refractivity contribution in [3.63, 3.8) is 0 Å². The highest BCUT2D eigenvalue weighted by molar-refractivity contribution is 6.01. The number of carbonyl (C=O) groups is 1. The zero-order valence-electron chi connectivity index (χ0n) is 41.9. The molecule has 14 nitrogen and oxygen atoms in total.